The Kier molecular flexibility index (Phi) is 4.45. The summed E-state index contributed by atoms with van der Waals surface area (Å²) in [5, 5.41) is 8.61. The van der Waals surface area contributed by atoms with E-state index in [1.54, 1.807) is 4.72 Å². The van der Waals surface area contributed by atoms with E-state index in [1.165, 1.54) is 6.92 Å². The molecule has 1 atom stereocenters. The first-order valence-corrected chi connectivity index (χ1v) is 6.86. The van der Waals surface area contributed by atoms with Crippen LogP contribution in [0.4, 0.5) is 13.2 Å². The molecule has 1 rings (SSSR count). The van der Waals surface area contributed by atoms with E-state index in [2.05, 4.69) is 0 Å². The van der Waals surface area contributed by atoms with Crippen LogP contribution >= 0.6 is 0 Å². The number of sulfonamides is 1. The van der Waals surface area contributed by atoms with Crippen LogP contribution in [0, 0.1) is 6.92 Å². The number of carboxylic acids is 1. The van der Waals surface area contributed by atoms with E-state index in [0.717, 1.165) is 19.1 Å². The van der Waals surface area contributed by atoms with E-state index >= 15 is 0 Å². The Morgan fingerprint density at radius 2 is 1.90 bits per heavy atom. The third kappa shape index (κ3) is 3.70. The van der Waals surface area contributed by atoms with Gasteiger partial charge < -0.3 is 5.11 Å². The van der Waals surface area contributed by atoms with Crippen molar-refractivity contribution in [1.82, 2.24) is 4.72 Å². The highest BCUT2D eigenvalue weighted by Crippen LogP contribution is 2.33. The van der Waals surface area contributed by atoms with Gasteiger partial charge in [-0.25, -0.2) is 8.42 Å². The second-order valence-corrected chi connectivity index (χ2v) is 5.87. The van der Waals surface area contributed by atoms with Crippen molar-refractivity contribution in [1.29, 1.82) is 0 Å². The molecular weight excluding hydrogens is 299 g/mol. The number of benzene rings is 1. The lowest BCUT2D eigenvalue weighted by molar-refractivity contribution is -0.139. The summed E-state index contributed by atoms with van der Waals surface area (Å²) in [5.74, 6) is -1.43. The second-order valence-electron chi connectivity index (χ2n) is 4.16. The first-order chi connectivity index (χ1) is 8.95. The molecule has 0 saturated carbocycles. The van der Waals surface area contributed by atoms with Gasteiger partial charge in [-0.3, -0.25) is 4.79 Å². The van der Waals surface area contributed by atoms with E-state index in [-0.39, 0.29) is 5.56 Å². The van der Waals surface area contributed by atoms with Gasteiger partial charge in [-0.05, 0) is 31.5 Å². The number of carbonyl (C=O) groups is 1. The molecule has 1 aromatic rings. The zero-order chi connectivity index (χ0) is 15.7. The van der Waals surface area contributed by atoms with Crippen molar-refractivity contribution in [3.63, 3.8) is 0 Å². The number of alkyl halides is 3. The number of aliphatic carboxylic acids is 1. The Labute approximate surface area is 113 Å². The molecule has 5 nitrogen and oxygen atoms in total. The van der Waals surface area contributed by atoms with Gasteiger partial charge in [-0.2, -0.15) is 17.9 Å². The number of aryl methyl sites for hydroxylation is 1. The number of hydrogen-bond acceptors (Lipinski definition) is 3. The minimum Gasteiger partial charge on any atom is -0.480 e. The van der Waals surface area contributed by atoms with Gasteiger partial charge in [0.15, 0.2) is 0 Å². The summed E-state index contributed by atoms with van der Waals surface area (Å²) >= 11 is 0. The Balaban J connectivity index is 3.24. The second kappa shape index (κ2) is 5.41. The number of carboxylic acid groups (broad SMARTS) is 1. The molecule has 0 saturated heterocycles. The van der Waals surface area contributed by atoms with E-state index in [9.17, 15) is 26.4 Å². The number of nitrogens with one attached hydrogen (secondary N) is 1. The first kappa shape index (κ1) is 16.4. The molecule has 112 valence electrons. The highest BCUT2D eigenvalue weighted by atomic mass is 32.2. The number of hydrogen-bond donors (Lipinski definition) is 2. The van der Waals surface area contributed by atoms with E-state index in [4.69, 9.17) is 5.11 Å². The molecule has 0 radical (unpaired) electrons. The molecule has 0 bridgehead atoms. The molecule has 20 heavy (non-hydrogen) atoms. The van der Waals surface area contributed by atoms with Gasteiger partial charge in [0.05, 0.1) is 10.5 Å². The topological polar surface area (TPSA) is 83.5 Å². The third-order valence-corrected chi connectivity index (χ3v) is 4.07. The maximum Gasteiger partial charge on any atom is 0.416 e. The molecule has 0 heterocycles. The highest BCUT2D eigenvalue weighted by Gasteiger charge is 2.34. The fourth-order valence-corrected chi connectivity index (χ4v) is 2.65. The number of rotatable bonds is 4. The summed E-state index contributed by atoms with van der Waals surface area (Å²) in [6.07, 6.45) is -4.69. The zero-order valence-electron chi connectivity index (χ0n) is 10.5. The molecule has 2 N–H and O–H groups in total. The summed E-state index contributed by atoms with van der Waals surface area (Å²) in [5.41, 5.74) is -1.20. The highest BCUT2D eigenvalue weighted by molar-refractivity contribution is 7.89. The molecule has 0 spiro atoms. The lowest BCUT2D eigenvalue weighted by atomic mass is 10.1. The third-order valence-electron chi connectivity index (χ3n) is 2.53. The SMILES string of the molecule is Cc1ccc(S(=O)(=O)NC(C)C(=O)O)cc1C(F)(F)F. The molecule has 1 aromatic carbocycles. The molecule has 0 aliphatic rings. The average Bonchev–Trinajstić information content (AvgIpc) is 2.26. The first-order valence-electron chi connectivity index (χ1n) is 5.38. The van der Waals surface area contributed by atoms with Crippen molar-refractivity contribution >= 4 is 16.0 Å². The maximum atomic E-state index is 12.7. The van der Waals surface area contributed by atoms with Crippen LogP contribution < -0.4 is 4.72 Å². The van der Waals surface area contributed by atoms with Crippen molar-refractivity contribution in [2.24, 2.45) is 0 Å². The molecule has 0 aliphatic heterocycles. The van der Waals surface area contributed by atoms with Crippen molar-refractivity contribution in [3.8, 4) is 0 Å². The molecular formula is C11H12F3NO4S. The van der Waals surface area contributed by atoms with Gasteiger partial charge in [0.2, 0.25) is 10.0 Å². The lowest BCUT2D eigenvalue weighted by Gasteiger charge is -2.14. The van der Waals surface area contributed by atoms with Gasteiger partial charge in [-0.15, -0.1) is 0 Å². The lowest BCUT2D eigenvalue weighted by Crippen LogP contribution is -2.38. The largest absolute Gasteiger partial charge is 0.480 e. The fourth-order valence-electron chi connectivity index (χ4n) is 1.42. The Morgan fingerprint density at radius 1 is 1.35 bits per heavy atom. The monoisotopic (exact) mass is 311 g/mol. The summed E-state index contributed by atoms with van der Waals surface area (Å²) in [6, 6.07) is 1.03. The van der Waals surface area contributed by atoms with Crippen molar-refractivity contribution in [2.75, 3.05) is 0 Å². The number of halogens is 3. The van der Waals surface area contributed by atoms with Crippen LogP contribution in [0.2, 0.25) is 0 Å². The smallest absolute Gasteiger partial charge is 0.416 e. The van der Waals surface area contributed by atoms with Crippen LogP contribution in [-0.4, -0.2) is 25.5 Å². The van der Waals surface area contributed by atoms with E-state index < -0.39 is 38.7 Å². The van der Waals surface area contributed by atoms with E-state index in [1.807, 2.05) is 0 Å². The Hall–Kier alpha value is -1.61. The maximum absolute atomic E-state index is 12.7. The Bertz CT molecular complexity index is 625. The quantitative estimate of drug-likeness (QED) is 0.887. The van der Waals surface area contributed by atoms with Gasteiger partial charge in [0.1, 0.15) is 6.04 Å². The summed E-state index contributed by atoms with van der Waals surface area (Å²) in [4.78, 5) is 9.95. The van der Waals surface area contributed by atoms with Crippen molar-refractivity contribution in [2.45, 2.75) is 31.0 Å². The van der Waals surface area contributed by atoms with Gasteiger partial charge >= 0.3 is 12.1 Å². The normalized spacial score (nSPS) is 14.1. The predicted octanol–water partition coefficient (Wildman–Crippen LogP) is 1.77. The predicted molar refractivity (Wildman–Crippen MR) is 63.6 cm³/mol. The molecule has 0 aromatic heterocycles. The molecule has 0 aliphatic carbocycles. The molecule has 0 fully saturated rings. The van der Waals surface area contributed by atoms with Crippen LogP contribution in [0.3, 0.4) is 0 Å². The van der Waals surface area contributed by atoms with Gasteiger partial charge in [0, 0.05) is 0 Å². The van der Waals surface area contributed by atoms with Crippen LogP contribution in [0.15, 0.2) is 23.1 Å². The molecule has 0 amide bonds. The standard InChI is InChI=1S/C11H12F3NO4S/c1-6-3-4-8(5-9(6)11(12,13)14)20(18,19)15-7(2)10(16)17/h3-5,7,15H,1-2H3,(H,16,17). The van der Waals surface area contributed by atoms with Crippen molar-refractivity contribution in [3.05, 3.63) is 29.3 Å². The summed E-state index contributed by atoms with van der Waals surface area (Å²) < 4.78 is 63.5. The van der Waals surface area contributed by atoms with Crippen LogP contribution in [0.25, 0.3) is 0 Å². The summed E-state index contributed by atoms with van der Waals surface area (Å²) in [7, 11) is -4.33. The summed E-state index contributed by atoms with van der Waals surface area (Å²) in [6.45, 7) is 2.27. The molecule has 1 unspecified atom stereocenters. The Morgan fingerprint density at radius 3 is 2.35 bits per heavy atom. The van der Waals surface area contributed by atoms with E-state index in [0.29, 0.717) is 6.07 Å². The fraction of sp³-hybridized carbons (Fsp3) is 0.364. The van der Waals surface area contributed by atoms with Crippen LogP contribution in [0.1, 0.15) is 18.1 Å². The van der Waals surface area contributed by atoms with Crippen molar-refractivity contribution < 1.29 is 31.5 Å². The van der Waals surface area contributed by atoms with Crippen LogP contribution in [-0.2, 0) is 21.0 Å². The zero-order valence-corrected chi connectivity index (χ0v) is 11.3. The minimum absolute atomic E-state index is 0.122. The average molecular weight is 311 g/mol. The van der Waals surface area contributed by atoms with Gasteiger partial charge in [0.25, 0.3) is 0 Å². The van der Waals surface area contributed by atoms with Crippen LogP contribution in [0.5, 0.6) is 0 Å². The minimum atomic E-state index is -4.69. The van der Waals surface area contributed by atoms with Gasteiger partial charge in [-0.1, -0.05) is 6.07 Å². The molecule has 9 heteroatoms.